The number of amides is 1. The van der Waals surface area contributed by atoms with Gasteiger partial charge in [0.1, 0.15) is 0 Å². The molecule has 1 saturated heterocycles. The third-order valence-corrected chi connectivity index (χ3v) is 4.53. The van der Waals surface area contributed by atoms with Gasteiger partial charge in [0.25, 0.3) is 0 Å². The quantitative estimate of drug-likeness (QED) is 0.284. The second-order valence-corrected chi connectivity index (χ2v) is 6.43. The van der Waals surface area contributed by atoms with Gasteiger partial charge in [-0.05, 0) is 38.5 Å². The Hall–Kier alpha value is -1.79. The summed E-state index contributed by atoms with van der Waals surface area (Å²) >= 11 is 0. The maximum atomic E-state index is 11.5. The van der Waals surface area contributed by atoms with Crippen LogP contribution < -0.4 is 10.6 Å². The maximum Gasteiger partial charge on any atom is 0.305 e. The van der Waals surface area contributed by atoms with Crippen molar-refractivity contribution >= 4 is 17.8 Å². The molecule has 7 heteroatoms. The number of unbranched alkanes of at least 4 members (excludes halogenated alkanes) is 2. The lowest BCUT2D eigenvalue weighted by Crippen LogP contribution is -2.46. The van der Waals surface area contributed by atoms with Crippen LogP contribution in [0.2, 0.25) is 0 Å². The Balaban J connectivity index is 2.33. The Morgan fingerprint density at radius 2 is 1.92 bits per heavy atom. The number of piperidine rings is 1. The summed E-state index contributed by atoms with van der Waals surface area (Å²) in [6.07, 6.45) is 5.96. The van der Waals surface area contributed by atoms with Crippen molar-refractivity contribution in [1.82, 2.24) is 15.5 Å². The van der Waals surface area contributed by atoms with Gasteiger partial charge in [0.15, 0.2) is 5.96 Å². The van der Waals surface area contributed by atoms with Gasteiger partial charge in [0, 0.05) is 46.1 Å². The number of ether oxygens (including phenoxy) is 1. The normalized spacial score (nSPS) is 15.8. The van der Waals surface area contributed by atoms with Crippen LogP contribution in [0.5, 0.6) is 0 Å². The molecule has 25 heavy (non-hydrogen) atoms. The monoisotopic (exact) mass is 354 g/mol. The molecule has 0 aromatic carbocycles. The van der Waals surface area contributed by atoms with Crippen LogP contribution in [0.25, 0.3) is 0 Å². The number of nitrogens with one attached hydrogen (secondary N) is 2. The van der Waals surface area contributed by atoms with E-state index in [0.717, 1.165) is 64.2 Å². The van der Waals surface area contributed by atoms with E-state index in [0.29, 0.717) is 18.8 Å². The predicted molar refractivity (Wildman–Crippen MR) is 99.4 cm³/mol. The van der Waals surface area contributed by atoms with Gasteiger partial charge in [-0.25, -0.2) is 0 Å². The van der Waals surface area contributed by atoms with Crippen LogP contribution in [0.15, 0.2) is 4.99 Å². The lowest BCUT2D eigenvalue weighted by Gasteiger charge is -2.34. The maximum absolute atomic E-state index is 11.5. The SMILES string of the molecule is CCNC(=NCCCCCC(=O)OC)N1CCC(CC(=O)NC)CC1. The molecule has 0 aliphatic carbocycles. The number of carbonyl (C=O) groups excluding carboxylic acids is 2. The molecule has 0 unspecified atom stereocenters. The van der Waals surface area contributed by atoms with Gasteiger partial charge >= 0.3 is 5.97 Å². The Labute approximate surface area is 151 Å². The zero-order valence-corrected chi connectivity index (χ0v) is 16.0. The predicted octanol–water partition coefficient (Wildman–Crippen LogP) is 1.53. The van der Waals surface area contributed by atoms with Crippen molar-refractivity contribution in [2.75, 3.05) is 40.3 Å². The van der Waals surface area contributed by atoms with Crippen LogP contribution in [-0.4, -0.2) is 63.1 Å². The molecule has 0 bridgehead atoms. The van der Waals surface area contributed by atoms with Gasteiger partial charge in [-0.3, -0.25) is 14.6 Å². The molecule has 1 aliphatic heterocycles. The zero-order chi connectivity index (χ0) is 18.5. The molecule has 2 N–H and O–H groups in total. The summed E-state index contributed by atoms with van der Waals surface area (Å²) in [6, 6.07) is 0. The third kappa shape index (κ3) is 8.74. The summed E-state index contributed by atoms with van der Waals surface area (Å²) in [5.74, 6) is 1.42. The summed E-state index contributed by atoms with van der Waals surface area (Å²) < 4.78 is 4.64. The smallest absolute Gasteiger partial charge is 0.305 e. The fourth-order valence-electron chi connectivity index (χ4n) is 2.98. The van der Waals surface area contributed by atoms with Crippen LogP contribution in [0.1, 0.15) is 51.9 Å². The second kappa shape index (κ2) is 12.6. The highest BCUT2D eigenvalue weighted by molar-refractivity contribution is 5.80. The zero-order valence-electron chi connectivity index (χ0n) is 16.0. The van der Waals surface area contributed by atoms with Crippen molar-refractivity contribution in [2.24, 2.45) is 10.9 Å². The van der Waals surface area contributed by atoms with Crippen molar-refractivity contribution in [3.05, 3.63) is 0 Å². The molecule has 1 fully saturated rings. The number of carbonyl (C=O) groups is 2. The molecular weight excluding hydrogens is 320 g/mol. The van der Waals surface area contributed by atoms with E-state index in [4.69, 9.17) is 4.99 Å². The molecular formula is C18H34N4O3. The molecule has 7 nitrogen and oxygen atoms in total. The fraction of sp³-hybridized carbons (Fsp3) is 0.833. The highest BCUT2D eigenvalue weighted by Gasteiger charge is 2.22. The lowest BCUT2D eigenvalue weighted by atomic mass is 9.93. The van der Waals surface area contributed by atoms with Gasteiger partial charge in [-0.15, -0.1) is 0 Å². The van der Waals surface area contributed by atoms with E-state index in [-0.39, 0.29) is 11.9 Å². The first-order chi connectivity index (χ1) is 12.1. The fourth-order valence-corrected chi connectivity index (χ4v) is 2.98. The van der Waals surface area contributed by atoms with Crippen molar-refractivity contribution in [3.63, 3.8) is 0 Å². The number of esters is 1. The molecule has 0 aromatic rings. The van der Waals surface area contributed by atoms with E-state index in [9.17, 15) is 9.59 Å². The molecule has 1 amide bonds. The van der Waals surface area contributed by atoms with E-state index >= 15 is 0 Å². The van der Waals surface area contributed by atoms with Crippen molar-refractivity contribution in [2.45, 2.75) is 51.9 Å². The van der Waals surface area contributed by atoms with E-state index in [1.54, 1.807) is 7.05 Å². The number of nitrogens with zero attached hydrogens (tertiary/aromatic N) is 2. The van der Waals surface area contributed by atoms with Gasteiger partial charge < -0.3 is 20.3 Å². The van der Waals surface area contributed by atoms with Crippen LogP contribution in [0, 0.1) is 5.92 Å². The molecule has 1 heterocycles. The summed E-state index contributed by atoms with van der Waals surface area (Å²) in [5, 5.41) is 6.06. The Morgan fingerprint density at radius 1 is 1.20 bits per heavy atom. The van der Waals surface area contributed by atoms with Gasteiger partial charge in [-0.2, -0.15) is 0 Å². The van der Waals surface area contributed by atoms with Crippen molar-refractivity contribution in [1.29, 1.82) is 0 Å². The van der Waals surface area contributed by atoms with E-state index < -0.39 is 0 Å². The molecule has 0 saturated carbocycles. The number of methoxy groups -OCH3 is 1. The number of hydrogen-bond acceptors (Lipinski definition) is 4. The van der Waals surface area contributed by atoms with Crippen LogP contribution in [0.3, 0.4) is 0 Å². The number of guanidine groups is 1. The highest BCUT2D eigenvalue weighted by atomic mass is 16.5. The highest BCUT2D eigenvalue weighted by Crippen LogP contribution is 2.20. The third-order valence-electron chi connectivity index (χ3n) is 4.53. The number of hydrogen-bond donors (Lipinski definition) is 2. The van der Waals surface area contributed by atoms with E-state index in [1.807, 2.05) is 0 Å². The molecule has 0 aromatic heterocycles. The van der Waals surface area contributed by atoms with Crippen LogP contribution >= 0.6 is 0 Å². The summed E-state index contributed by atoms with van der Waals surface area (Å²) in [6.45, 7) is 5.57. The summed E-state index contributed by atoms with van der Waals surface area (Å²) in [5.41, 5.74) is 0. The van der Waals surface area contributed by atoms with Crippen molar-refractivity contribution in [3.8, 4) is 0 Å². The molecule has 1 rings (SSSR count). The number of rotatable bonds is 9. The standard InChI is InChI=1S/C18H34N4O3/c1-4-20-18(21-11-7-5-6-8-17(24)25-3)22-12-9-15(10-13-22)14-16(23)19-2/h15H,4-14H2,1-3H3,(H,19,23)(H,20,21). The topological polar surface area (TPSA) is 83.0 Å². The number of likely N-dealkylation sites (tertiary alicyclic amines) is 1. The van der Waals surface area contributed by atoms with Gasteiger partial charge in [0.2, 0.25) is 5.91 Å². The molecule has 1 aliphatic rings. The largest absolute Gasteiger partial charge is 0.469 e. The average Bonchev–Trinajstić information content (AvgIpc) is 2.63. The first kappa shape index (κ1) is 21.3. The minimum atomic E-state index is -0.142. The molecule has 0 spiro atoms. The molecule has 0 atom stereocenters. The van der Waals surface area contributed by atoms with Crippen molar-refractivity contribution < 1.29 is 14.3 Å². The van der Waals surface area contributed by atoms with E-state index in [1.165, 1.54) is 7.11 Å². The minimum Gasteiger partial charge on any atom is -0.469 e. The summed E-state index contributed by atoms with van der Waals surface area (Å²) in [7, 11) is 3.12. The Bertz CT molecular complexity index is 432. The second-order valence-electron chi connectivity index (χ2n) is 6.43. The number of aliphatic imine (C=N–C) groups is 1. The van der Waals surface area contributed by atoms with Crippen LogP contribution in [0.4, 0.5) is 0 Å². The lowest BCUT2D eigenvalue weighted by molar-refractivity contribution is -0.140. The Morgan fingerprint density at radius 3 is 2.52 bits per heavy atom. The van der Waals surface area contributed by atoms with Crippen LogP contribution in [-0.2, 0) is 14.3 Å². The summed E-state index contributed by atoms with van der Waals surface area (Å²) in [4.78, 5) is 29.6. The first-order valence-corrected chi connectivity index (χ1v) is 9.41. The Kier molecular flexibility index (Phi) is 10.7. The van der Waals surface area contributed by atoms with Gasteiger partial charge in [0.05, 0.1) is 7.11 Å². The molecule has 0 radical (unpaired) electrons. The minimum absolute atomic E-state index is 0.131. The van der Waals surface area contributed by atoms with Gasteiger partial charge in [-0.1, -0.05) is 6.42 Å². The molecule has 144 valence electrons. The van der Waals surface area contributed by atoms with E-state index in [2.05, 4.69) is 27.2 Å². The average molecular weight is 354 g/mol. The first-order valence-electron chi connectivity index (χ1n) is 9.41.